The Hall–Kier alpha value is -3.27. The molecule has 0 radical (unpaired) electrons. The first kappa shape index (κ1) is 17.5. The summed E-state index contributed by atoms with van der Waals surface area (Å²) in [5, 5.41) is 23.6. The number of thioether (sulfide) groups is 1. The number of nitrogens with zero attached hydrogens (tertiary/aromatic N) is 5. The van der Waals surface area contributed by atoms with Gasteiger partial charge in [0.2, 0.25) is 11.1 Å². The van der Waals surface area contributed by atoms with Crippen LogP contribution in [0.3, 0.4) is 0 Å². The summed E-state index contributed by atoms with van der Waals surface area (Å²) < 4.78 is 1.45. The third-order valence-electron chi connectivity index (χ3n) is 3.37. The van der Waals surface area contributed by atoms with E-state index in [1.165, 1.54) is 28.6 Å². The Bertz CT molecular complexity index is 898. The lowest BCUT2D eigenvalue weighted by Crippen LogP contribution is -2.24. The van der Waals surface area contributed by atoms with Gasteiger partial charge in [-0.25, -0.2) is 4.79 Å². The van der Waals surface area contributed by atoms with E-state index >= 15 is 0 Å². The molecule has 3 rings (SSSR count). The number of carbonyl (C=O) groups is 2. The summed E-state index contributed by atoms with van der Waals surface area (Å²) in [4.78, 5) is 26.8. The predicted octanol–water partition coefficient (Wildman–Crippen LogP) is 1.16. The Morgan fingerprint density at radius 3 is 2.54 bits per heavy atom. The molecule has 3 aromatic rings. The van der Waals surface area contributed by atoms with Crippen molar-refractivity contribution in [3.63, 3.8) is 0 Å². The number of hydrogen-bond donors (Lipinski definition) is 2. The maximum absolute atomic E-state index is 12.0. The van der Waals surface area contributed by atoms with Gasteiger partial charge in [-0.1, -0.05) is 11.8 Å². The maximum atomic E-state index is 12.0. The van der Waals surface area contributed by atoms with E-state index < -0.39 is 5.97 Å². The lowest BCUT2D eigenvalue weighted by Gasteiger charge is -2.06. The molecule has 0 bridgehead atoms. The van der Waals surface area contributed by atoms with E-state index in [9.17, 15) is 9.59 Å². The van der Waals surface area contributed by atoms with Crippen molar-refractivity contribution in [1.29, 1.82) is 0 Å². The number of nitrogens with one attached hydrogen (secondary N) is 1. The highest BCUT2D eigenvalue weighted by Gasteiger charge is 2.12. The first-order valence-corrected chi connectivity index (χ1v) is 8.52. The number of carbonyl (C=O) groups excluding carboxylic acids is 1. The summed E-state index contributed by atoms with van der Waals surface area (Å²) in [6, 6.07) is 9.80. The molecule has 9 nitrogen and oxygen atoms in total. The maximum Gasteiger partial charge on any atom is 0.335 e. The van der Waals surface area contributed by atoms with Gasteiger partial charge in [0, 0.05) is 18.9 Å². The molecule has 2 heterocycles. The van der Waals surface area contributed by atoms with Gasteiger partial charge < -0.3 is 10.4 Å². The second-order valence-electron chi connectivity index (χ2n) is 5.15. The predicted molar refractivity (Wildman–Crippen MR) is 92.9 cm³/mol. The second kappa shape index (κ2) is 8.21. The van der Waals surface area contributed by atoms with Crippen LogP contribution in [0.5, 0.6) is 0 Å². The first-order valence-electron chi connectivity index (χ1n) is 7.54. The summed E-state index contributed by atoms with van der Waals surface area (Å²) in [5.74, 6) is -1.00. The largest absolute Gasteiger partial charge is 0.478 e. The molecule has 10 heteroatoms. The van der Waals surface area contributed by atoms with Crippen molar-refractivity contribution < 1.29 is 14.7 Å². The molecule has 0 aliphatic heterocycles. The molecule has 26 heavy (non-hydrogen) atoms. The monoisotopic (exact) mass is 370 g/mol. The van der Waals surface area contributed by atoms with E-state index in [-0.39, 0.29) is 17.2 Å². The highest BCUT2D eigenvalue weighted by Crippen LogP contribution is 2.18. The van der Waals surface area contributed by atoms with Crippen molar-refractivity contribution >= 4 is 23.6 Å². The molecular formula is C16H14N6O3S. The summed E-state index contributed by atoms with van der Waals surface area (Å²) >= 11 is 1.19. The Labute approximate surface area is 152 Å². The lowest BCUT2D eigenvalue weighted by molar-refractivity contribution is -0.118. The molecule has 0 saturated carbocycles. The molecule has 0 saturated heterocycles. The van der Waals surface area contributed by atoms with Gasteiger partial charge in [0.15, 0.2) is 0 Å². The van der Waals surface area contributed by atoms with Crippen molar-refractivity contribution in [2.45, 2.75) is 11.7 Å². The van der Waals surface area contributed by atoms with Crippen LogP contribution in [0.2, 0.25) is 0 Å². The van der Waals surface area contributed by atoms with Gasteiger partial charge in [0.1, 0.15) is 0 Å². The Morgan fingerprint density at radius 1 is 1.12 bits per heavy atom. The molecular weight excluding hydrogens is 356 g/mol. The van der Waals surface area contributed by atoms with Gasteiger partial charge in [0.25, 0.3) is 0 Å². The van der Waals surface area contributed by atoms with Gasteiger partial charge in [-0.05, 0) is 52.4 Å². The molecule has 0 aliphatic carbocycles. The number of rotatable bonds is 7. The van der Waals surface area contributed by atoms with E-state index in [4.69, 9.17) is 5.11 Å². The number of tetrazole rings is 1. The minimum Gasteiger partial charge on any atom is -0.478 e. The average Bonchev–Trinajstić information content (AvgIpc) is 3.14. The third-order valence-corrected chi connectivity index (χ3v) is 4.29. The zero-order valence-corrected chi connectivity index (χ0v) is 14.3. The smallest absolute Gasteiger partial charge is 0.335 e. The molecule has 0 spiro atoms. The number of amides is 1. The van der Waals surface area contributed by atoms with Crippen LogP contribution in [0, 0.1) is 0 Å². The molecule has 0 fully saturated rings. The van der Waals surface area contributed by atoms with Gasteiger partial charge in [-0.3, -0.25) is 9.78 Å². The highest BCUT2D eigenvalue weighted by molar-refractivity contribution is 7.99. The average molecular weight is 370 g/mol. The fourth-order valence-corrected chi connectivity index (χ4v) is 2.78. The topological polar surface area (TPSA) is 123 Å². The number of aromatic carboxylic acids is 1. The zero-order valence-electron chi connectivity index (χ0n) is 13.4. The standard InChI is InChI=1S/C16H14N6O3S/c23-14(18-9-11-5-7-17-8-6-11)10-26-16-19-20-21-22(16)13-3-1-12(2-4-13)15(24)25/h1-8H,9-10H2,(H,18,23)(H,24,25). The van der Waals surface area contributed by atoms with Crippen molar-refractivity contribution in [2.75, 3.05) is 5.75 Å². The quantitative estimate of drug-likeness (QED) is 0.594. The Kier molecular flexibility index (Phi) is 5.54. The van der Waals surface area contributed by atoms with Gasteiger partial charge in [-0.2, -0.15) is 4.68 Å². The van der Waals surface area contributed by atoms with Crippen molar-refractivity contribution in [2.24, 2.45) is 0 Å². The van der Waals surface area contributed by atoms with E-state index in [0.717, 1.165) is 5.56 Å². The normalized spacial score (nSPS) is 10.5. The van der Waals surface area contributed by atoms with E-state index in [1.54, 1.807) is 24.5 Å². The van der Waals surface area contributed by atoms with Crippen LogP contribution in [0.4, 0.5) is 0 Å². The SMILES string of the molecule is O=C(CSc1nnnn1-c1ccc(C(=O)O)cc1)NCc1ccncc1. The number of benzene rings is 1. The van der Waals surface area contributed by atoms with Crippen LogP contribution in [-0.2, 0) is 11.3 Å². The summed E-state index contributed by atoms with van der Waals surface area (Å²) in [6.07, 6.45) is 3.33. The summed E-state index contributed by atoms with van der Waals surface area (Å²) in [5.41, 5.74) is 1.74. The number of aromatic nitrogens is 5. The van der Waals surface area contributed by atoms with Crippen LogP contribution < -0.4 is 5.32 Å². The van der Waals surface area contributed by atoms with Crippen LogP contribution >= 0.6 is 11.8 Å². The molecule has 132 valence electrons. The molecule has 0 aliphatic rings. The fourth-order valence-electron chi connectivity index (χ4n) is 2.06. The fraction of sp³-hybridized carbons (Fsp3) is 0.125. The summed E-state index contributed by atoms with van der Waals surface area (Å²) in [6.45, 7) is 0.420. The molecule has 0 unspecified atom stereocenters. The van der Waals surface area contributed by atoms with E-state index in [2.05, 4.69) is 25.8 Å². The number of hydrogen-bond acceptors (Lipinski definition) is 7. The van der Waals surface area contributed by atoms with Crippen molar-refractivity contribution in [1.82, 2.24) is 30.5 Å². The molecule has 1 amide bonds. The minimum atomic E-state index is -1.01. The van der Waals surface area contributed by atoms with Crippen LogP contribution in [0.1, 0.15) is 15.9 Å². The zero-order chi connectivity index (χ0) is 18.4. The van der Waals surface area contributed by atoms with Crippen molar-refractivity contribution in [3.8, 4) is 5.69 Å². The molecule has 2 aromatic heterocycles. The van der Waals surface area contributed by atoms with Crippen LogP contribution in [0.25, 0.3) is 5.69 Å². The number of carboxylic acids is 1. The lowest BCUT2D eigenvalue weighted by atomic mass is 10.2. The van der Waals surface area contributed by atoms with E-state index in [0.29, 0.717) is 17.4 Å². The van der Waals surface area contributed by atoms with Crippen LogP contribution in [0.15, 0.2) is 53.9 Å². The highest BCUT2D eigenvalue weighted by atomic mass is 32.2. The van der Waals surface area contributed by atoms with Crippen LogP contribution in [-0.4, -0.2) is 47.9 Å². The number of carboxylic acid groups (broad SMARTS) is 1. The van der Waals surface area contributed by atoms with Gasteiger partial charge >= 0.3 is 5.97 Å². The number of pyridine rings is 1. The van der Waals surface area contributed by atoms with E-state index in [1.807, 2.05) is 12.1 Å². The molecule has 1 aromatic carbocycles. The second-order valence-corrected chi connectivity index (χ2v) is 6.09. The van der Waals surface area contributed by atoms with Gasteiger partial charge in [-0.15, -0.1) is 5.10 Å². The minimum absolute atomic E-state index is 0.150. The summed E-state index contributed by atoms with van der Waals surface area (Å²) in [7, 11) is 0. The molecule has 0 atom stereocenters. The Balaban J connectivity index is 1.58. The van der Waals surface area contributed by atoms with Gasteiger partial charge in [0.05, 0.1) is 17.0 Å². The first-order chi connectivity index (χ1) is 12.6. The molecule has 2 N–H and O–H groups in total. The Morgan fingerprint density at radius 2 is 1.85 bits per heavy atom. The van der Waals surface area contributed by atoms with Crippen molar-refractivity contribution in [3.05, 3.63) is 59.9 Å². The third kappa shape index (κ3) is 4.42.